The van der Waals surface area contributed by atoms with Crippen LogP contribution in [0.15, 0.2) is 12.1 Å². The summed E-state index contributed by atoms with van der Waals surface area (Å²) in [7, 11) is 3.36. The highest BCUT2D eigenvalue weighted by molar-refractivity contribution is 5.95. The monoisotopic (exact) mass is 262 g/mol. The Morgan fingerprint density at radius 3 is 2.26 bits per heavy atom. The summed E-state index contributed by atoms with van der Waals surface area (Å²) in [6.45, 7) is 6.91. The van der Waals surface area contributed by atoms with Gasteiger partial charge < -0.3 is 20.2 Å². The van der Waals surface area contributed by atoms with Gasteiger partial charge in [0.25, 0.3) is 0 Å². The quantitative estimate of drug-likeness (QED) is 0.890. The molecule has 1 aromatic carbocycles. The average molecular weight is 262 g/mol. The fourth-order valence-corrected chi connectivity index (χ4v) is 2.66. The zero-order chi connectivity index (χ0) is 14.2. The SMILES string of the molecule is COc1ccc(OC)c2c(C(C)(C)CN)c(C)[nH]c12. The molecule has 0 saturated carbocycles. The highest BCUT2D eigenvalue weighted by Crippen LogP contribution is 2.41. The van der Waals surface area contributed by atoms with Gasteiger partial charge in [-0.3, -0.25) is 0 Å². The van der Waals surface area contributed by atoms with Crippen LogP contribution in [-0.4, -0.2) is 25.7 Å². The van der Waals surface area contributed by atoms with Crippen molar-refractivity contribution < 1.29 is 9.47 Å². The Morgan fingerprint density at radius 1 is 1.16 bits per heavy atom. The first-order valence-corrected chi connectivity index (χ1v) is 6.40. The second kappa shape index (κ2) is 4.78. The molecule has 1 aromatic heterocycles. The molecule has 0 aliphatic heterocycles. The predicted molar refractivity (Wildman–Crippen MR) is 78.2 cm³/mol. The van der Waals surface area contributed by atoms with E-state index in [2.05, 4.69) is 25.8 Å². The molecule has 0 amide bonds. The van der Waals surface area contributed by atoms with Crippen LogP contribution in [0.4, 0.5) is 0 Å². The number of nitrogens with two attached hydrogens (primary N) is 1. The van der Waals surface area contributed by atoms with Gasteiger partial charge in [-0.15, -0.1) is 0 Å². The first-order valence-electron chi connectivity index (χ1n) is 6.40. The number of ether oxygens (including phenoxy) is 2. The summed E-state index contributed by atoms with van der Waals surface area (Å²) in [6.07, 6.45) is 0. The maximum Gasteiger partial charge on any atom is 0.143 e. The Labute approximate surface area is 113 Å². The zero-order valence-corrected chi connectivity index (χ0v) is 12.3. The number of nitrogens with one attached hydrogen (secondary N) is 1. The summed E-state index contributed by atoms with van der Waals surface area (Å²) in [5, 5.41) is 1.06. The van der Waals surface area contributed by atoms with Crippen LogP contribution in [0.1, 0.15) is 25.1 Å². The number of aryl methyl sites for hydroxylation is 1. The van der Waals surface area contributed by atoms with E-state index in [1.165, 1.54) is 5.56 Å². The van der Waals surface area contributed by atoms with Crippen LogP contribution in [-0.2, 0) is 5.41 Å². The number of fused-ring (bicyclic) bond motifs is 1. The number of H-pyrrole nitrogens is 1. The van der Waals surface area contributed by atoms with Gasteiger partial charge >= 0.3 is 0 Å². The number of aromatic nitrogens is 1. The molecule has 3 N–H and O–H groups in total. The van der Waals surface area contributed by atoms with E-state index in [1.54, 1.807) is 14.2 Å². The van der Waals surface area contributed by atoms with Gasteiger partial charge in [0.1, 0.15) is 11.5 Å². The molecule has 0 aliphatic carbocycles. The van der Waals surface area contributed by atoms with Gasteiger partial charge in [-0.1, -0.05) is 13.8 Å². The van der Waals surface area contributed by atoms with Gasteiger partial charge in [0, 0.05) is 23.0 Å². The highest BCUT2D eigenvalue weighted by atomic mass is 16.5. The zero-order valence-electron chi connectivity index (χ0n) is 12.3. The number of hydrogen-bond donors (Lipinski definition) is 2. The minimum Gasteiger partial charge on any atom is -0.496 e. The summed E-state index contributed by atoms with van der Waals surface area (Å²) < 4.78 is 10.9. The first-order chi connectivity index (χ1) is 8.96. The molecular weight excluding hydrogens is 240 g/mol. The molecular formula is C15H22N2O2. The molecule has 0 bridgehead atoms. The van der Waals surface area contributed by atoms with Gasteiger partial charge in [-0.05, 0) is 24.6 Å². The van der Waals surface area contributed by atoms with Crippen molar-refractivity contribution in [3.63, 3.8) is 0 Å². The lowest BCUT2D eigenvalue weighted by Crippen LogP contribution is -2.28. The van der Waals surface area contributed by atoms with Crippen molar-refractivity contribution in [3.05, 3.63) is 23.4 Å². The lowest BCUT2D eigenvalue weighted by Gasteiger charge is -2.24. The normalized spacial score (nSPS) is 11.9. The van der Waals surface area contributed by atoms with E-state index < -0.39 is 0 Å². The maximum atomic E-state index is 5.93. The Balaban J connectivity index is 2.88. The molecule has 0 fully saturated rings. The molecule has 2 rings (SSSR count). The van der Waals surface area contributed by atoms with Gasteiger partial charge in [0.15, 0.2) is 0 Å². The topological polar surface area (TPSA) is 60.3 Å². The maximum absolute atomic E-state index is 5.93. The molecule has 0 saturated heterocycles. The smallest absolute Gasteiger partial charge is 0.143 e. The second-order valence-corrected chi connectivity index (χ2v) is 5.43. The average Bonchev–Trinajstić information content (AvgIpc) is 2.75. The Hall–Kier alpha value is -1.68. The number of hydrogen-bond acceptors (Lipinski definition) is 3. The van der Waals surface area contributed by atoms with Crippen molar-refractivity contribution in [2.24, 2.45) is 5.73 Å². The van der Waals surface area contributed by atoms with Crippen LogP contribution in [0, 0.1) is 6.92 Å². The lowest BCUT2D eigenvalue weighted by molar-refractivity contribution is 0.409. The van der Waals surface area contributed by atoms with Gasteiger partial charge in [0.05, 0.1) is 19.7 Å². The molecule has 4 nitrogen and oxygen atoms in total. The molecule has 2 aromatic rings. The molecule has 0 atom stereocenters. The summed E-state index contributed by atoms with van der Waals surface area (Å²) in [5.41, 5.74) is 9.08. The summed E-state index contributed by atoms with van der Waals surface area (Å²) in [4.78, 5) is 3.40. The van der Waals surface area contributed by atoms with Crippen LogP contribution >= 0.6 is 0 Å². The number of benzene rings is 1. The highest BCUT2D eigenvalue weighted by Gasteiger charge is 2.28. The van der Waals surface area contributed by atoms with Gasteiger partial charge in [0.2, 0.25) is 0 Å². The Morgan fingerprint density at radius 2 is 1.74 bits per heavy atom. The van der Waals surface area contributed by atoms with E-state index in [-0.39, 0.29) is 5.41 Å². The number of aromatic amines is 1. The molecule has 0 unspecified atom stereocenters. The standard InChI is InChI=1S/C15H22N2O2/c1-9-13(15(2,3)8-16)12-10(18-4)6-7-11(19-5)14(12)17-9/h6-7,17H,8,16H2,1-5H3. The van der Waals surface area contributed by atoms with Crippen molar-refractivity contribution in [2.75, 3.05) is 20.8 Å². The van der Waals surface area contributed by atoms with Crippen molar-refractivity contribution >= 4 is 10.9 Å². The molecule has 4 heteroatoms. The molecule has 0 spiro atoms. The third-order valence-corrected chi connectivity index (χ3v) is 3.69. The van der Waals surface area contributed by atoms with Crippen molar-refractivity contribution in [1.29, 1.82) is 0 Å². The fraction of sp³-hybridized carbons (Fsp3) is 0.467. The van der Waals surface area contributed by atoms with E-state index in [0.717, 1.165) is 28.1 Å². The number of rotatable bonds is 4. The van der Waals surface area contributed by atoms with Crippen molar-refractivity contribution in [1.82, 2.24) is 4.98 Å². The summed E-state index contributed by atoms with van der Waals surface area (Å²) in [5.74, 6) is 1.66. The van der Waals surface area contributed by atoms with Crippen molar-refractivity contribution in [3.8, 4) is 11.5 Å². The number of methoxy groups -OCH3 is 2. The largest absolute Gasteiger partial charge is 0.496 e. The van der Waals surface area contributed by atoms with E-state index >= 15 is 0 Å². The van der Waals surface area contributed by atoms with E-state index in [9.17, 15) is 0 Å². The first kappa shape index (κ1) is 13.7. The van der Waals surface area contributed by atoms with Gasteiger partial charge in [-0.2, -0.15) is 0 Å². The van der Waals surface area contributed by atoms with Crippen LogP contribution < -0.4 is 15.2 Å². The van der Waals surface area contributed by atoms with Crippen LogP contribution in [0.5, 0.6) is 11.5 Å². The van der Waals surface area contributed by atoms with Crippen LogP contribution in [0.3, 0.4) is 0 Å². The molecule has 0 aliphatic rings. The molecule has 19 heavy (non-hydrogen) atoms. The fourth-order valence-electron chi connectivity index (χ4n) is 2.66. The lowest BCUT2D eigenvalue weighted by atomic mass is 9.82. The van der Waals surface area contributed by atoms with E-state index in [4.69, 9.17) is 15.2 Å². The molecule has 1 heterocycles. The predicted octanol–water partition coefficient (Wildman–Crippen LogP) is 2.73. The second-order valence-electron chi connectivity index (χ2n) is 5.43. The minimum absolute atomic E-state index is 0.123. The minimum atomic E-state index is -0.123. The van der Waals surface area contributed by atoms with Gasteiger partial charge in [-0.25, -0.2) is 0 Å². The summed E-state index contributed by atoms with van der Waals surface area (Å²) >= 11 is 0. The Kier molecular flexibility index (Phi) is 3.45. The van der Waals surface area contributed by atoms with E-state index in [1.807, 2.05) is 12.1 Å². The third-order valence-electron chi connectivity index (χ3n) is 3.69. The third kappa shape index (κ3) is 2.06. The van der Waals surface area contributed by atoms with Crippen LogP contribution in [0.2, 0.25) is 0 Å². The van der Waals surface area contributed by atoms with Crippen molar-refractivity contribution in [2.45, 2.75) is 26.2 Å². The molecule has 104 valence electrons. The van der Waals surface area contributed by atoms with E-state index in [0.29, 0.717) is 6.54 Å². The Bertz CT molecular complexity index is 600. The van der Waals surface area contributed by atoms with Crippen LogP contribution in [0.25, 0.3) is 10.9 Å². The summed E-state index contributed by atoms with van der Waals surface area (Å²) in [6, 6.07) is 3.85. The molecule has 0 radical (unpaired) electrons.